The van der Waals surface area contributed by atoms with Gasteiger partial charge in [-0.2, -0.15) is 0 Å². The molecule has 0 fully saturated rings. The molecule has 6 N–H and O–H groups in total. The Morgan fingerprint density at radius 2 is 1.54 bits per heavy atom. The van der Waals surface area contributed by atoms with Gasteiger partial charge in [0, 0.05) is 0 Å². The summed E-state index contributed by atoms with van der Waals surface area (Å²) in [5.74, 6) is 0. The summed E-state index contributed by atoms with van der Waals surface area (Å²) in [5, 5.41) is 11.2. The summed E-state index contributed by atoms with van der Waals surface area (Å²) in [4.78, 5) is 0. The van der Waals surface area contributed by atoms with Gasteiger partial charge in [0.15, 0.2) is 0 Å². The second-order valence-corrected chi connectivity index (χ2v) is 7.81. The molecule has 0 aliphatic heterocycles. The van der Waals surface area contributed by atoms with E-state index in [0.717, 1.165) is 6.42 Å². The molecule has 0 aromatic heterocycles. The van der Waals surface area contributed by atoms with Crippen molar-refractivity contribution in [1.82, 2.24) is 0 Å². The van der Waals surface area contributed by atoms with Crippen molar-refractivity contribution in [2.24, 2.45) is 16.5 Å². The molecule has 0 spiro atoms. The molecule has 0 radical (unpaired) electrons. The normalized spacial score (nSPS) is 14.8. The Morgan fingerprint density at radius 1 is 1.15 bits per heavy atom. The quantitative estimate of drug-likeness (QED) is 0.577. The molecule has 80 valence electrons. The van der Waals surface area contributed by atoms with Gasteiger partial charge in [0.05, 0.1) is 10.8 Å². The van der Waals surface area contributed by atoms with Crippen molar-refractivity contribution < 1.29 is 4.43 Å². The molecule has 0 saturated heterocycles. The van der Waals surface area contributed by atoms with Gasteiger partial charge in [-0.25, -0.2) is 0 Å². The zero-order valence-electron chi connectivity index (χ0n) is 9.35. The van der Waals surface area contributed by atoms with Crippen LogP contribution < -0.4 is 16.5 Å². The summed E-state index contributed by atoms with van der Waals surface area (Å²) in [6, 6.07) is 0. The van der Waals surface area contributed by atoms with Gasteiger partial charge in [-0.15, -0.1) is 0 Å². The van der Waals surface area contributed by atoms with Crippen LogP contribution in [0.5, 0.6) is 0 Å². The van der Waals surface area contributed by atoms with Gasteiger partial charge >= 0.3 is 8.64 Å². The topological polar surface area (TPSA) is 87.3 Å². The van der Waals surface area contributed by atoms with E-state index in [1.165, 1.54) is 0 Å². The molecule has 0 bridgehead atoms. The zero-order valence-corrected chi connectivity index (χ0v) is 10.3. The molecular weight excluding hydrogens is 182 g/mol. The molecule has 4 nitrogen and oxygen atoms in total. The number of hydrogen-bond acceptors (Lipinski definition) is 4. The van der Waals surface area contributed by atoms with Crippen LogP contribution >= 0.6 is 0 Å². The van der Waals surface area contributed by atoms with E-state index in [0.29, 0.717) is 0 Å². The van der Waals surface area contributed by atoms with E-state index in [2.05, 4.69) is 0 Å². The minimum absolute atomic E-state index is 0.285. The van der Waals surface area contributed by atoms with Gasteiger partial charge in [0.25, 0.3) is 0 Å². The highest BCUT2D eigenvalue weighted by molar-refractivity contribution is 6.70. The summed E-state index contributed by atoms with van der Waals surface area (Å²) in [6.45, 7) is 9.60. The van der Waals surface area contributed by atoms with E-state index in [4.69, 9.17) is 21.0 Å². The maximum atomic E-state index is 5.92. The van der Waals surface area contributed by atoms with Crippen LogP contribution in [0.1, 0.15) is 41.0 Å². The average molecular weight is 205 g/mol. The molecule has 0 amide bonds. The average Bonchev–Trinajstić information content (AvgIpc) is 1.83. The van der Waals surface area contributed by atoms with Crippen LogP contribution in [0, 0.1) is 0 Å². The first-order valence-corrected chi connectivity index (χ1v) is 6.65. The molecule has 0 aromatic rings. The summed E-state index contributed by atoms with van der Waals surface area (Å²) in [7, 11) is -2.78. The maximum absolute atomic E-state index is 5.92. The van der Waals surface area contributed by atoms with E-state index >= 15 is 0 Å². The standard InChI is InChI=1S/C8H23N3OSi/c1-6-7(2,3)12-13(10,11)8(4,5)9/h6,9-11H2,1-5H3. The Bertz CT molecular complexity index is 175. The van der Waals surface area contributed by atoms with E-state index in [1.54, 1.807) is 0 Å². The van der Waals surface area contributed by atoms with Crippen molar-refractivity contribution in [3.8, 4) is 0 Å². The zero-order chi connectivity index (χ0) is 10.9. The highest BCUT2D eigenvalue weighted by Crippen LogP contribution is 2.20. The lowest BCUT2D eigenvalue weighted by Gasteiger charge is -2.40. The smallest absolute Gasteiger partial charge is 0.366 e. The van der Waals surface area contributed by atoms with Gasteiger partial charge < -0.3 is 21.0 Å². The maximum Gasteiger partial charge on any atom is 0.366 e. The van der Waals surface area contributed by atoms with Gasteiger partial charge in [-0.3, -0.25) is 0 Å². The van der Waals surface area contributed by atoms with Crippen LogP contribution in [0.4, 0.5) is 0 Å². The minimum Gasteiger partial charge on any atom is -0.386 e. The van der Waals surface area contributed by atoms with Crippen LogP contribution in [0.2, 0.25) is 0 Å². The van der Waals surface area contributed by atoms with Crippen molar-refractivity contribution >= 4 is 8.64 Å². The molecule has 0 atom stereocenters. The van der Waals surface area contributed by atoms with Crippen molar-refractivity contribution in [2.45, 2.75) is 51.8 Å². The first-order valence-electron chi connectivity index (χ1n) is 4.58. The molecule has 0 aromatic carbocycles. The fraction of sp³-hybridized carbons (Fsp3) is 1.00. The van der Waals surface area contributed by atoms with E-state index in [9.17, 15) is 0 Å². The lowest BCUT2D eigenvalue weighted by atomic mass is 10.1. The monoisotopic (exact) mass is 205 g/mol. The van der Waals surface area contributed by atoms with Crippen LogP contribution in [0.25, 0.3) is 0 Å². The molecule has 0 unspecified atom stereocenters. The Hall–Kier alpha value is 0.0569. The Morgan fingerprint density at radius 3 is 1.77 bits per heavy atom. The second-order valence-electron chi connectivity index (χ2n) is 4.73. The van der Waals surface area contributed by atoms with Gasteiger partial charge in [0.2, 0.25) is 0 Å². The lowest BCUT2D eigenvalue weighted by Crippen LogP contribution is -2.77. The summed E-state index contributed by atoms with van der Waals surface area (Å²) < 4.78 is 5.71. The first kappa shape index (κ1) is 13.1. The lowest BCUT2D eigenvalue weighted by molar-refractivity contribution is 0.0832. The van der Waals surface area contributed by atoms with Crippen molar-refractivity contribution in [3.05, 3.63) is 0 Å². The Kier molecular flexibility index (Phi) is 3.68. The van der Waals surface area contributed by atoms with Crippen molar-refractivity contribution in [2.75, 3.05) is 0 Å². The molecule has 0 aliphatic carbocycles. The molecule has 5 heteroatoms. The Balaban J connectivity index is 4.52. The summed E-state index contributed by atoms with van der Waals surface area (Å²) in [5.41, 5.74) is 5.58. The molecule has 0 rings (SSSR count). The molecular formula is C8H23N3OSi. The third-order valence-corrected chi connectivity index (χ3v) is 5.21. The minimum atomic E-state index is -2.78. The van der Waals surface area contributed by atoms with Crippen LogP contribution in [0.3, 0.4) is 0 Å². The predicted molar refractivity (Wildman–Crippen MR) is 57.9 cm³/mol. The molecule has 13 heavy (non-hydrogen) atoms. The third kappa shape index (κ3) is 3.74. The highest BCUT2D eigenvalue weighted by atomic mass is 28.4. The van der Waals surface area contributed by atoms with E-state index in [1.807, 2.05) is 34.6 Å². The molecule has 0 saturated carbocycles. The van der Waals surface area contributed by atoms with Crippen LogP contribution in [-0.2, 0) is 4.43 Å². The highest BCUT2D eigenvalue weighted by Gasteiger charge is 2.44. The van der Waals surface area contributed by atoms with Gasteiger partial charge in [-0.1, -0.05) is 6.92 Å². The number of rotatable bonds is 4. The fourth-order valence-electron chi connectivity index (χ4n) is 0.661. The van der Waals surface area contributed by atoms with Crippen LogP contribution in [-0.4, -0.2) is 19.4 Å². The fourth-order valence-corrected chi connectivity index (χ4v) is 1.98. The number of hydrogen-bond donors (Lipinski definition) is 3. The van der Waals surface area contributed by atoms with Crippen molar-refractivity contribution in [1.29, 1.82) is 0 Å². The first-order chi connectivity index (χ1) is 5.52. The second kappa shape index (κ2) is 3.66. The SMILES string of the molecule is CCC(C)(C)O[Si](N)(N)C(C)(C)N. The summed E-state index contributed by atoms with van der Waals surface area (Å²) >= 11 is 0. The molecule has 0 heterocycles. The van der Waals surface area contributed by atoms with Crippen LogP contribution in [0.15, 0.2) is 0 Å². The van der Waals surface area contributed by atoms with Gasteiger partial charge in [0.1, 0.15) is 0 Å². The third-order valence-electron chi connectivity index (χ3n) is 2.30. The largest absolute Gasteiger partial charge is 0.386 e. The Labute approximate surface area is 82.1 Å². The van der Waals surface area contributed by atoms with Crippen molar-refractivity contribution in [3.63, 3.8) is 0 Å². The van der Waals surface area contributed by atoms with Gasteiger partial charge in [-0.05, 0) is 34.1 Å². The van der Waals surface area contributed by atoms with E-state index < -0.39 is 13.8 Å². The van der Waals surface area contributed by atoms with E-state index in [-0.39, 0.29) is 5.60 Å². The predicted octanol–water partition coefficient (Wildman–Crippen LogP) is 0.324. The summed E-state index contributed by atoms with van der Waals surface area (Å²) in [6.07, 6.45) is 0.867. The molecule has 0 aliphatic rings. The number of nitrogens with two attached hydrogens (primary N) is 3.